The third-order valence-electron chi connectivity index (χ3n) is 3.00. The van der Waals surface area contributed by atoms with Crippen LogP contribution in [0.2, 0.25) is 0 Å². The third-order valence-corrected chi connectivity index (χ3v) is 3.00. The number of aromatic amines is 2. The van der Waals surface area contributed by atoms with E-state index in [0.29, 0.717) is 17.0 Å². The fraction of sp³-hybridized carbons (Fsp3) is 0.286. The summed E-state index contributed by atoms with van der Waals surface area (Å²) in [5, 5.41) is 3.76. The van der Waals surface area contributed by atoms with Gasteiger partial charge in [0.25, 0.3) is 5.56 Å². The van der Waals surface area contributed by atoms with Crippen LogP contribution in [0, 0.1) is 13.8 Å². The van der Waals surface area contributed by atoms with E-state index >= 15 is 0 Å². The summed E-state index contributed by atoms with van der Waals surface area (Å²) in [7, 11) is 0. The van der Waals surface area contributed by atoms with Crippen molar-refractivity contribution in [3.05, 3.63) is 55.7 Å². The number of carbonyl (C=O) groups is 1. The molecular weight excluding hydrogens is 288 g/mol. The Labute approximate surface area is 125 Å². The normalized spacial score (nSPS) is 11.0. The molecule has 8 heteroatoms. The number of rotatable bonds is 5. The molecule has 22 heavy (non-hydrogen) atoms. The van der Waals surface area contributed by atoms with E-state index in [4.69, 9.17) is 4.42 Å². The van der Waals surface area contributed by atoms with Crippen molar-refractivity contribution in [1.29, 1.82) is 0 Å². The summed E-state index contributed by atoms with van der Waals surface area (Å²) >= 11 is 0. The first-order chi connectivity index (χ1) is 10.5. The highest BCUT2D eigenvalue weighted by Crippen LogP contribution is 2.03. The molecule has 2 heterocycles. The minimum Gasteiger partial charge on any atom is -0.460 e. The van der Waals surface area contributed by atoms with Crippen LogP contribution in [0.15, 0.2) is 31.2 Å². The number of furan rings is 1. The van der Waals surface area contributed by atoms with Crippen LogP contribution >= 0.6 is 0 Å². The van der Waals surface area contributed by atoms with Crippen molar-refractivity contribution >= 4 is 12.1 Å². The van der Waals surface area contributed by atoms with Crippen LogP contribution in [-0.4, -0.2) is 22.1 Å². The quantitative estimate of drug-likeness (QED) is 0.545. The Kier molecular flexibility index (Phi) is 4.72. The van der Waals surface area contributed by atoms with Crippen LogP contribution in [0.5, 0.6) is 0 Å². The van der Waals surface area contributed by atoms with Gasteiger partial charge in [-0.25, -0.2) is 10.2 Å². The third kappa shape index (κ3) is 4.05. The number of hydrogen-bond donors (Lipinski definition) is 3. The number of amides is 1. The zero-order valence-electron chi connectivity index (χ0n) is 12.2. The molecule has 1 amide bonds. The summed E-state index contributed by atoms with van der Waals surface area (Å²) in [5.41, 5.74) is 2.13. The zero-order chi connectivity index (χ0) is 16.1. The maximum Gasteiger partial charge on any atom is 0.325 e. The summed E-state index contributed by atoms with van der Waals surface area (Å²) < 4.78 is 5.26. The van der Waals surface area contributed by atoms with Gasteiger partial charge < -0.3 is 9.40 Å². The van der Waals surface area contributed by atoms with Gasteiger partial charge in [-0.15, -0.1) is 0 Å². The predicted octanol–water partition coefficient (Wildman–Crippen LogP) is 0.356. The van der Waals surface area contributed by atoms with E-state index in [0.717, 1.165) is 5.76 Å². The van der Waals surface area contributed by atoms with Gasteiger partial charge in [0.05, 0.1) is 6.21 Å². The van der Waals surface area contributed by atoms with Crippen molar-refractivity contribution in [3.63, 3.8) is 0 Å². The average Bonchev–Trinajstić information content (AvgIpc) is 2.83. The Hall–Kier alpha value is -2.90. The summed E-state index contributed by atoms with van der Waals surface area (Å²) in [5.74, 6) is 0.941. The second-order valence-corrected chi connectivity index (χ2v) is 4.75. The van der Waals surface area contributed by atoms with E-state index < -0.39 is 11.2 Å². The first kappa shape index (κ1) is 15.5. The molecule has 116 valence electrons. The minimum absolute atomic E-state index is 0.0739. The molecule has 0 aliphatic heterocycles. The predicted molar refractivity (Wildman–Crippen MR) is 79.9 cm³/mol. The Balaban J connectivity index is 1.89. The van der Waals surface area contributed by atoms with Gasteiger partial charge in [-0.05, 0) is 32.4 Å². The molecule has 2 aromatic rings. The maximum absolute atomic E-state index is 11.7. The van der Waals surface area contributed by atoms with Gasteiger partial charge in [-0.2, -0.15) is 5.10 Å². The van der Waals surface area contributed by atoms with Crippen molar-refractivity contribution in [2.75, 3.05) is 0 Å². The smallest absolute Gasteiger partial charge is 0.325 e. The highest BCUT2D eigenvalue weighted by atomic mass is 16.3. The maximum atomic E-state index is 11.7. The number of aryl methyl sites for hydroxylation is 2. The standard InChI is InChI=1S/C14H16N4O4/c1-8-3-4-10(22-8)7-15-18-12(19)6-5-11-9(2)16-14(21)17-13(11)20/h3-4,7H,5-6H2,1-2H3,(H,18,19)(H2,16,17,20,21)/b15-7+. The lowest BCUT2D eigenvalue weighted by atomic mass is 10.1. The van der Waals surface area contributed by atoms with Crippen molar-refractivity contribution in [2.24, 2.45) is 5.10 Å². The number of nitrogens with zero attached hydrogens (tertiary/aromatic N) is 1. The number of carbonyl (C=O) groups excluding carboxylic acids is 1. The minimum atomic E-state index is -0.561. The Morgan fingerprint density at radius 3 is 2.73 bits per heavy atom. The average molecular weight is 304 g/mol. The van der Waals surface area contributed by atoms with Gasteiger partial charge in [0.1, 0.15) is 11.5 Å². The number of H-pyrrole nitrogens is 2. The zero-order valence-corrected chi connectivity index (χ0v) is 12.2. The van der Waals surface area contributed by atoms with E-state index in [1.807, 2.05) is 0 Å². The molecule has 0 bridgehead atoms. The van der Waals surface area contributed by atoms with Gasteiger partial charge in [0.2, 0.25) is 5.91 Å². The van der Waals surface area contributed by atoms with Crippen molar-refractivity contribution in [3.8, 4) is 0 Å². The van der Waals surface area contributed by atoms with Crippen LogP contribution in [0.1, 0.15) is 29.2 Å². The molecule has 0 spiro atoms. The fourth-order valence-electron chi connectivity index (χ4n) is 1.91. The van der Waals surface area contributed by atoms with Crippen LogP contribution in [0.3, 0.4) is 0 Å². The Bertz CT molecular complexity index is 813. The van der Waals surface area contributed by atoms with Crippen molar-refractivity contribution in [2.45, 2.75) is 26.7 Å². The molecule has 0 fully saturated rings. The van der Waals surface area contributed by atoms with Crippen molar-refractivity contribution in [1.82, 2.24) is 15.4 Å². The van der Waals surface area contributed by atoms with E-state index in [1.54, 1.807) is 26.0 Å². The van der Waals surface area contributed by atoms with E-state index in [9.17, 15) is 14.4 Å². The molecule has 2 aromatic heterocycles. The monoisotopic (exact) mass is 304 g/mol. The SMILES string of the molecule is Cc1ccc(/C=N/NC(=O)CCc2c(C)[nH]c(=O)[nH]c2=O)o1. The summed E-state index contributed by atoms with van der Waals surface area (Å²) in [6.45, 7) is 3.42. The number of nitrogens with one attached hydrogen (secondary N) is 3. The van der Waals surface area contributed by atoms with E-state index in [2.05, 4.69) is 20.5 Å². The molecule has 0 saturated carbocycles. The second kappa shape index (κ2) is 6.70. The molecular formula is C14H16N4O4. The van der Waals surface area contributed by atoms with Gasteiger partial charge >= 0.3 is 5.69 Å². The fourth-order valence-corrected chi connectivity index (χ4v) is 1.91. The molecule has 2 rings (SSSR count). The largest absolute Gasteiger partial charge is 0.460 e. The lowest BCUT2D eigenvalue weighted by Gasteiger charge is -2.03. The highest BCUT2D eigenvalue weighted by molar-refractivity contribution is 5.80. The molecule has 8 nitrogen and oxygen atoms in total. The summed E-state index contributed by atoms with van der Waals surface area (Å²) in [6.07, 6.45) is 1.67. The molecule has 0 aliphatic carbocycles. The van der Waals surface area contributed by atoms with Gasteiger partial charge in [0, 0.05) is 17.7 Å². The molecule has 0 aromatic carbocycles. The molecule has 0 unspecified atom stereocenters. The Morgan fingerprint density at radius 2 is 2.09 bits per heavy atom. The summed E-state index contributed by atoms with van der Waals surface area (Å²) in [6, 6.07) is 3.52. The van der Waals surface area contributed by atoms with Crippen molar-refractivity contribution < 1.29 is 9.21 Å². The lowest BCUT2D eigenvalue weighted by molar-refractivity contribution is -0.121. The molecule has 0 atom stereocenters. The second-order valence-electron chi connectivity index (χ2n) is 4.75. The number of hydrogen-bond acceptors (Lipinski definition) is 5. The molecule has 0 radical (unpaired) electrons. The summed E-state index contributed by atoms with van der Waals surface area (Å²) in [4.78, 5) is 39.0. The van der Waals surface area contributed by atoms with Gasteiger partial charge in [-0.3, -0.25) is 14.6 Å². The van der Waals surface area contributed by atoms with Gasteiger partial charge in [0.15, 0.2) is 0 Å². The van der Waals surface area contributed by atoms with E-state index in [-0.39, 0.29) is 18.7 Å². The van der Waals surface area contributed by atoms with Crippen LogP contribution < -0.4 is 16.7 Å². The van der Waals surface area contributed by atoms with Crippen LogP contribution in [0.4, 0.5) is 0 Å². The topological polar surface area (TPSA) is 120 Å². The highest BCUT2D eigenvalue weighted by Gasteiger charge is 2.08. The first-order valence-corrected chi connectivity index (χ1v) is 6.66. The Morgan fingerprint density at radius 1 is 1.32 bits per heavy atom. The van der Waals surface area contributed by atoms with Gasteiger partial charge in [-0.1, -0.05) is 0 Å². The van der Waals surface area contributed by atoms with E-state index in [1.165, 1.54) is 6.21 Å². The lowest BCUT2D eigenvalue weighted by Crippen LogP contribution is -2.28. The molecule has 3 N–H and O–H groups in total. The first-order valence-electron chi connectivity index (χ1n) is 6.66. The van der Waals surface area contributed by atoms with Crippen LogP contribution in [-0.2, 0) is 11.2 Å². The number of hydrazone groups is 1. The molecule has 0 saturated heterocycles. The molecule has 0 aliphatic rings. The number of aromatic nitrogens is 2. The van der Waals surface area contributed by atoms with Crippen LogP contribution in [0.25, 0.3) is 0 Å².